The Balaban J connectivity index is 0.00000392. The van der Waals surface area contributed by atoms with Crippen LogP contribution in [-0.4, -0.2) is 31.3 Å². The minimum absolute atomic E-state index is 0. The summed E-state index contributed by atoms with van der Waals surface area (Å²) in [6.45, 7) is 9.26. The molecule has 0 radical (unpaired) electrons. The number of hydrogen-bond acceptors (Lipinski definition) is 5. The zero-order chi connectivity index (χ0) is 19.8. The third kappa shape index (κ3) is 6.15. The van der Waals surface area contributed by atoms with Gasteiger partial charge in [-0.2, -0.15) is 0 Å². The molecule has 1 aromatic carbocycles. The van der Waals surface area contributed by atoms with E-state index < -0.39 is 0 Å². The molecule has 0 atom stereocenters. The molecule has 0 amide bonds. The molecule has 1 aromatic heterocycles. The Hall–Kier alpha value is -2.23. The maximum Gasteiger partial charge on any atom is 0.193 e. The van der Waals surface area contributed by atoms with Crippen molar-refractivity contribution in [2.24, 2.45) is 10.7 Å². The van der Waals surface area contributed by atoms with Crippen LogP contribution in [0.3, 0.4) is 0 Å². The second-order valence-electron chi connectivity index (χ2n) is 5.90. The number of halogens is 1. The van der Waals surface area contributed by atoms with Gasteiger partial charge in [0, 0.05) is 23.4 Å². The van der Waals surface area contributed by atoms with Gasteiger partial charge in [0.05, 0.1) is 38.2 Å². The van der Waals surface area contributed by atoms with Crippen LogP contribution < -0.4 is 25.3 Å². The molecule has 0 spiro atoms. The lowest BCUT2D eigenvalue weighted by molar-refractivity contribution is 0.332. The summed E-state index contributed by atoms with van der Waals surface area (Å²) in [6, 6.07) is 5.55. The molecule has 0 saturated heterocycles. The molecular formula is C20H29IN4O3. The molecule has 0 saturated carbocycles. The molecule has 28 heavy (non-hydrogen) atoms. The van der Waals surface area contributed by atoms with Crippen molar-refractivity contribution in [1.29, 1.82) is 0 Å². The minimum atomic E-state index is 0. The summed E-state index contributed by atoms with van der Waals surface area (Å²) >= 11 is 0. The van der Waals surface area contributed by atoms with E-state index in [9.17, 15) is 0 Å². The first-order valence-electron chi connectivity index (χ1n) is 8.95. The largest absolute Gasteiger partial charge is 0.496 e. The van der Waals surface area contributed by atoms with Gasteiger partial charge >= 0.3 is 0 Å². The predicted octanol–water partition coefficient (Wildman–Crippen LogP) is 4.05. The van der Waals surface area contributed by atoms with Crippen molar-refractivity contribution < 1.29 is 14.2 Å². The summed E-state index contributed by atoms with van der Waals surface area (Å²) in [5, 5.41) is 3.09. The van der Waals surface area contributed by atoms with Crippen LogP contribution in [0, 0.1) is 13.8 Å². The van der Waals surface area contributed by atoms with E-state index in [2.05, 4.69) is 15.3 Å². The highest BCUT2D eigenvalue weighted by Gasteiger charge is 2.10. The van der Waals surface area contributed by atoms with Crippen LogP contribution in [-0.2, 0) is 6.54 Å². The number of methoxy groups -OCH3 is 1. The van der Waals surface area contributed by atoms with Crippen molar-refractivity contribution >= 4 is 35.6 Å². The molecule has 0 fully saturated rings. The molecule has 0 bridgehead atoms. The number of aliphatic imine (C=N–C) groups is 1. The second-order valence-corrected chi connectivity index (χ2v) is 5.90. The van der Waals surface area contributed by atoms with Crippen LogP contribution in [0.2, 0.25) is 0 Å². The van der Waals surface area contributed by atoms with Gasteiger partial charge in [-0.05, 0) is 39.8 Å². The van der Waals surface area contributed by atoms with Crippen LogP contribution in [0.15, 0.2) is 29.4 Å². The van der Waals surface area contributed by atoms with Gasteiger partial charge in [0.25, 0.3) is 0 Å². The number of ether oxygens (including phenoxy) is 3. The highest BCUT2D eigenvalue weighted by atomic mass is 127. The molecule has 3 N–H and O–H groups in total. The molecule has 0 aliphatic rings. The number of anilines is 1. The van der Waals surface area contributed by atoms with Gasteiger partial charge in [-0.15, -0.1) is 24.0 Å². The number of aromatic nitrogens is 1. The number of nitrogens with one attached hydrogen (secondary N) is 1. The van der Waals surface area contributed by atoms with Crippen molar-refractivity contribution in [2.45, 2.75) is 34.2 Å². The van der Waals surface area contributed by atoms with Gasteiger partial charge in [0.1, 0.15) is 17.2 Å². The molecule has 8 heteroatoms. The number of aryl methyl sites for hydroxylation is 1. The van der Waals surface area contributed by atoms with Crippen molar-refractivity contribution in [1.82, 2.24) is 4.98 Å². The van der Waals surface area contributed by atoms with Gasteiger partial charge in [0.15, 0.2) is 5.96 Å². The van der Waals surface area contributed by atoms with E-state index in [4.69, 9.17) is 19.9 Å². The van der Waals surface area contributed by atoms with E-state index in [1.807, 2.05) is 45.9 Å². The number of nitrogens with two attached hydrogens (primary N) is 1. The first kappa shape index (κ1) is 23.8. The van der Waals surface area contributed by atoms with E-state index in [0.717, 1.165) is 28.3 Å². The zero-order valence-electron chi connectivity index (χ0n) is 17.0. The maximum absolute atomic E-state index is 6.08. The van der Waals surface area contributed by atoms with Gasteiger partial charge in [-0.25, -0.2) is 4.99 Å². The molecule has 0 aliphatic carbocycles. The summed E-state index contributed by atoms with van der Waals surface area (Å²) in [7, 11) is 1.65. The fourth-order valence-electron chi connectivity index (χ4n) is 2.71. The molecule has 154 valence electrons. The number of nitrogens with zero attached hydrogens (tertiary/aromatic N) is 2. The molecular weight excluding hydrogens is 471 g/mol. The Morgan fingerprint density at radius 3 is 2.54 bits per heavy atom. The van der Waals surface area contributed by atoms with Gasteiger partial charge in [0.2, 0.25) is 0 Å². The number of hydrogen-bond donors (Lipinski definition) is 2. The summed E-state index contributed by atoms with van der Waals surface area (Å²) < 4.78 is 16.6. The molecule has 7 nitrogen and oxygen atoms in total. The maximum atomic E-state index is 6.08. The minimum Gasteiger partial charge on any atom is -0.496 e. The van der Waals surface area contributed by atoms with E-state index in [-0.39, 0.29) is 29.9 Å². The van der Waals surface area contributed by atoms with Crippen molar-refractivity contribution in [3.8, 4) is 17.2 Å². The third-order valence-corrected chi connectivity index (χ3v) is 3.97. The van der Waals surface area contributed by atoms with Crippen molar-refractivity contribution in [3.05, 3.63) is 41.2 Å². The summed E-state index contributed by atoms with van der Waals surface area (Å²) in [4.78, 5) is 8.84. The first-order chi connectivity index (χ1) is 13.0. The van der Waals surface area contributed by atoms with E-state index in [1.165, 1.54) is 0 Å². The van der Waals surface area contributed by atoms with Gasteiger partial charge in [-0.1, -0.05) is 0 Å². The summed E-state index contributed by atoms with van der Waals surface area (Å²) in [6.07, 6.45) is 1.78. The Morgan fingerprint density at radius 2 is 1.89 bits per heavy atom. The van der Waals surface area contributed by atoms with Crippen molar-refractivity contribution in [2.75, 3.05) is 25.6 Å². The lowest BCUT2D eigenvalue weighted by Gasteiger charge is -2.14. The van der Waals surface area contributed by atoms with Crippen LogP contribution in [0.25, 0.3) is 0 Å². The topological polar surface area (TPSA) is 91.0 Å². The Kier molecular flexibility index (Phi) is 9.84. The quantitative estimate of drug-likeness (QED) is 0.323. The monoisotopic (exact) mass is 500 g/mol. The Morgan fingerprint density at radius 1 is 1.18 bits per heavy atom. The second kappa shape index (κ2) is 11.6. The number of guanidine groups is 1. The molecule has 0 unspecified atom stereocenters. The average molecular weight is 500 g/mol. The van der Waals surface area contributed by atoms with Crippen LogP contribution in [0.4, 0.5) is 5.69 Å². The molecule has 2 aromatic rings. The highest BCUT2D eigenvalue weighted by molar-refractivity contribution is 14.0. The third-order valence-electron chi connectivity index (χ3n) is 3.97. The SMILES string of the molecule is CCOc1ccc(OCC)c(NC(N)=NCc2ncc(C)c(OC)c2C)c1.I. The smallest absolute Gasteiger partial charge is 0.193 e. The lowest BCUT2D eigenvalue weighted by atomic mass is 10.1. The van der Waals surface area contributed by atoms with Crippen molar-refractivity contribution in [3.63, 3.8) is 0 Å². The fraction of sp³-hybridized carbons (Fsp3) is 0.400. The van der Waals surface area contributed by atoms with Gasteiger partial charge < -0.3 is 25.3 Å². The number of rotatable bonds is 8. The van der Waals surface area contributed by atoms with E-state index in [1.54, 1.807) is 13.3 Å². The Labute approximate surface area is 183 Å². The predicted molar refractivity (Wildman–Crippen MR) is 123 cm³/mol. The van der Waals surface area contributed by atoms with E-state index >= 15 is 0 Å². The first-order valence-corrected chi connectivity index (χ1v) is 8.95. The van der Waals surface area contributed by atoms with E-state index in [0.29, 0.717) is 31.2 Å². The zero-order valence-corrected chi connectivity index (χ0v) is 19.4. The summed E-state index contributed by atoms with van der Waals surface area (Å²) in [5.74, 6) is 2.51. The van der Waals surface area contributed by atoms with Crippen LogP contribution in [0.1, 0.15) is 30.7 Å². The summed E-state index contributed by atoms with van der Waals surface area (Å²) in [5.41, 5.74) is 9.55. The highest BCUT2D eigenvalue weighted by Crippen LogP contribution is 2.29. The molecule has 2 rings (SSSR count). The molecule has 0 aliphatic heterocycles. The standard InChI is InChI=1S/C20H28N4O3.HI/c1-6-26-15-8-9-18(27-7-2)16(10-15)24-20(21)23-12-17-14(4)19(25-5)13(3)11-22-17;/h8-11H,6-7,12H2,1-5H3,(H3,21,23,24);1H. The van der Waals surface area contributed by atoms with Gasteiger partial charge in [-0.3, -0.25) is 4.98 Å². The van der Waals surface area contributed by atoms with Crippen LogP contribution >= 0.6 is 24.0 Å². The molecule has 1 heterocycles. The average Bonchev–Trinajstić information content (AvgIpc) is 2.64. The Bertz CT molecular complexity index is 812. The van der Waals surface area contributed by atoms with Crippen LogP contribution in [0.5, 0.6) is 17.2 Å². The fourth-order valence-corrected chi connectivity index (χ4v) is 2.71. The normalized spacial score (nSPS) is 10.8. The number of benzene rings is 1. The lowest BCUT2D eigenvalue weighted by Crippen LogP contribution is -2.23. The number of pyridine rings is 1.